The lowest BCUT2D eigenvalue weighted by Crippen LogP contribution is -2.19. The minimum Gasteiger partial charge on any atom is -0.289 e. The van der Waals surface area contributed by atoms with E-state index in [2.05, 4.69) is 104 Å². The van der Waals surface area contributed by atoms with Gasteiger partial charge in [-0.05, 0) is 75.7 Å². The van der Waals surface area contributed by atoms with Crippen LogP contribution in [0.25, 0.3) is 33.7 Å². The zero-order valence-corrected chi connectivity index (χ0v) is 17.1. The van der Waals surface area contributed by atoms with Gasteiger partial charge in [0.25, 0.3) is 0 Å². The van der Waals surface area contributed by atoms with E-state index >= 15 is 0 Å². The van der Waals surface area contributed by atoms with Crippen LogP contribution >= 0.6 is 0 Å². The highest BCUT2D eigenvalue weighted by molar-refractivity contribution is 6.14. The number of hydrogen-bond acceptors (Lipinski definition) is 1. The molecule has 1 fully saturated rings. The monoisotopic (exact) mass is 388 g/mol. The maximum atomic E-state index is 13.3. The maximum absolute atomic E-state index is 13.3. The van der Waals surface area contributed by atoms with E-state index in [1.807, 2.05) is 0 Å². The van der Waals surface area contributed by atoms with E-state index in [0.29, 0.717) is 0 Å². The van der Waals surface area contributed by atoms with E-state index in [4.69, 9.17) is 0 Å². The van der Waals surface area contributed by atoms with Gasteiger partial charge in [0.2, 0.25) is 0 Å². The summed E-state index contributed by atoms with van der Waals surface area (Å²) in [6, 6.07) is 29.5. The summed E-state index contributed by atoms with van der Waals surface area (Å²) in [5, 5.41) is 4.85. The molecule has 4 aromatic carbocycles. The quantitative estimate of drug-likeness (QED) is 0.326. The molecule has 0 spiro atoms. The zero-order valence-electron chi connectivity index (χ0n) is 17.1. The molecule has 1 heteroatoms. The highest BCUT2D eigenvalue weighted by Crippen LogP contribution is 2.33. The van der Waals surface area contributed by atoms with Gasteiger partial charge in [0.15, 0.2) is 5.78 Å². The van der Waals surface area contributed by atoms with Crippen LogP contribution in [0.5, 0.6) is 0 Å². The molecule has 0 bridgehead atoms. The number of allylic oxidation sites excluding steroid dienone is 2. The SMILES string of the molecule is CC1CC/C(=C\c2ccc3ccccc3c2)C(=O)/C1=C/c1ccc2ccccc2c1. The molecule has 1 aliphatic rings. The Morgan fingerprint density at radius 3 is 1.83 bits per heavy atom. The highest BCUT2D eigenvalue weighted by atomic mass is 16.1. The molecule has 0 aromatic heterocycles. The summed E-state index contributed by atoms with van der Waals surface area (Å²) in [7, 11) is 0. The first kappa shape index (κ1) is 18.6. The van der Waals surface area contributed by atoms with Crippen molar-refractivity contribution < 1.29 is 4.79 Å². The summed E-state index contributed by atoms with van der Waals surface area (Å²) in [5.74, 6) is 0.466. The second-order valence-electron chi connectivity index (χ2n) is 8.25. The van der Waals surface area contributed by atoms with E-state index in [-0.39, 0.29) is 11.7 Å². The molecule has 0 radical (unpaired) electrons. The van der Waals surface area contributed by atoms with Gasteiger partial charge in [-0.3, -0.25) is 4.79 Å². The number of fused-ring (bicyclic) bond motifs is 2. The van der Waals surface area contributed by atoms with Crippen LogP contribution in [-0.2, 0) is 4.79 Å². The van der Waals surface area contributed by atoms with Crippen molar-refractivity contribution in [1.29, 1.82) is 0 Å². The third-order valence-corrected chi connectivity index (χ3v) is 6.14. The van der Waals surface area contributed by atoms with E-state index in [1.165, 1.54) is 21.5 Å². The number of rotatable bonds is 2. The van der Waals surface area contributed by atoms with Gasteiger partial charge in [0.05, 0.1) is 0 Å². The van der Waals surface area contributed by atoms with Gasteiger partial charge < -0.3 is 0 Å². The van der Waals surface area contributed by atoms with Gasteiger partial charge in [0, 0.05) is 11.1 Å². The average Bonchev–Trinajstić information content (AvgIpc) is 2.78. The van der Waals surface area contributed by atoms with Crippen LogP contribution in [0.1, 0.15) is 30.9 Å². The van der Waals surface area contributed by atoms with Crippen molar-refractivity contribution >= 4 is 39.5 Å². The van der Waals surface area contributed by atoms with Crippen molar-refractivity contribution in [2.24, 2.45) is 5.92 Å². The standard InChI is InChI=1S/C29H24O/c1-20-10-13-27(18-21-11-14-23-6-2-4-8-25(23)16-21)29(30)28(20)19-22-12-15-24-7-3-5-9-26(24)17-22/h2-9,11-12,14-20H,10,13H2,1H3/b27-18+,28-19+. The fourth-order valence-corrected chi connectivity index (χ4v) is 4.37. The van der Waals surface area contributed by atoms with Crippen LogP contribution in [-0.4, -0.2) is 5.78 Å². The lowest BCUT2D eigenvalue weighted by atomic mass is 9.80. The lowest BCUT2D eigenvalue weighted by Gasteiger charge is -2.23. The summed E-state index contributed by atoms with van der Waals surface area (Å²) in [5.41, 5.74) is 4.02. The Labute approximate surface area is 177 Å². The van der Waals surface area contributed by atoms with E-state index in [1.54, 1.807) is 0 Å². The lowest BCUT2D eigenvalue weighted by molar-refractivity contribution is -0.113. The molecule has 1 unspecified atom stereocenters. The van der Waals surface area contributed by atoms with E-state index < -0.39 is 0 Å². The summed E-state index contributed by atoms with van der Waals surface area (Å²) in [4.78, 5) is 13.3. The third-order valence-electron chi connectivity index (χ3n) is 6.14. The predicted molar refractivity (Wildman–Crippen MR) is 127 cm³/mol. The molecule has 0 heterocycles. The second-order valence-corrected chi connectivity index (χ2v) is 8.25. The molecule has 1 aliphatic carbocycles. The molecule has 1 saturated carbocycles. The van der Waals surface area contributed by atoms with Crippen molar-refractivity contribution in [3.63, 3.8) is 0 Å². The minimum atomic E-state index is 0.190. The molecule has 0 amide bonds. The first-order chi connectivity index (χ1) is 14.7. The van der Waals surface area contributed by atoms with E-state index in [0.717, 1.165) is 35.1 Å². The first-order valence-corrected chi connectivity index (χ1v) is 10.6. The Morgan fingerprint density at radius 2 is 1.23 bits per heavy atom. The molecule has 5 rings (SSSR count). The fraction of sp³-hybridized carbons (Fsp3) is 0.138. The van der Waals surface area contributed by atoms with Crippen molar-refractivity contribution in [2.45, 2.75) is 19.8 Å². The third kappa shape index (κ3) is 3.59. The molecule has 0 saturated heterocycles. The molecule has 146 valence electrons. The number of carbonyl (C=O) groups excluding carboxylic acids is 1. The molecule has 0 N–H and O–H groups in total. The fourth-order valence-electron chi connectivity index (χ4n) is 4.37. The number of ketones is 1. The Bertz CT molecular complexity index is 1320. The largest absolute Gasteiger partial charge is 0.289 e. The first-order valence-electron chi connectivity index (χ1n) is 10.6. The summed E-state index contributed by atoms with van der Waals surface area (Å²) >= 11 is 0. The Balaban J connectivity index is 1.50. The molecule has 4 aromatic rings. The summed E-state index contributed by atoms with van der Waals surface area (Å²) in [6.07, 6.45) is 6.01. The van der Waals surface area contributed by atoms with Gasteiger partial charge >= 0.3 is 0 Å². The van der Waals surface area contributed by atoms with E-state index in [9.17, 15) is 4.79 Å². The zero-order chi connectivity index (χ0) is 20.5. The number of Topliss-reactive ketones (excluding diaryl/α,β-unsaturated/α-hetero) is 1. The number of carbonyl (C=O) groups is 1. The molecule has 0 aliphatic heterocycles. The second kappa shape index (κ2) is 7.76. The minimum absolute atomic E-state index is 0.190. The molecular formula is C29H24O. The number of hydrogen-bond donors (Lipinski definition) is 0. The topological polar surface area (TPSA) is 17.1 Å². The van der Waals surface area contributed by atoms with Gasteiger partial charge in [-0.1, -0.05) is 79.7 Å². The van der Waals surface area contributed by atoms with Gasteiger partial charge in [-0.15, -0.1) is 0 Å². The van der Waals surface area contributed by atoms with Crippen LogP contribution in [0.4, 0.5) is 0 Å². The van der Waals surface area contributed by atoms with Crippen molar-refractivity contribution in [1.82, 2.24) is 0 Å². The van der Waals surface area contributed by atoms with Crippen molar-refractivity contribution in [3.8, 4) is 0 Å². The maximum Gasteiger partial charge on any atom is 0.185 e. The van der Waals surface area contributed by atoms with Gasteiger partial charge in [0.1, 0.15) is 0 Å². The molecule has 1 nitrogen and oxygen atoms in total. The van der Waals surface area contributed by atoms with Crippen LogP contribution in [0, 0.1) is 5.92 Å². The van der Waals surface area contributed by atoms with Crippen molar-refractivity contribution in [2.75, 3.05) is 0 Å². The van der Waals surface area contributed by atoms with Gasteiger partial charge in [-0.25, -0.2) is 0 Å². The van der Waals surface area contributed by atoms with Gasteiger partial charge in [-0.2, -0.15) is 0 Å². The Morgan fingerprint density at radius 1 is 0.700 bits per heavy atom. The highest BCUT2D eigenvalue weighted by Gasteiger charge is 2.26. The average molecular weight is 389 g/mol. The molecule has 1 atom stereocenters. The smallest absolute Gasteiger partial charge is 0.185 e. The predicted octanol–water partition coefficient (Wildman–Crippen LogP) is 7.46. The van der Waals surface area contributed by atoms with Crippen molar-refractivity contribution in [3.05, 3.63) is 107 Å². The summed E-state index contributed by atoms with van der Waals surface area (Å²) in [6.45, 7) is 2.16. The van der Waals surface area contributed by atoms with Crippen LogP contribution in [0.3, 0.4) is 0 Å². The van der Waals surface area contributed by atoms with Crippen LogP contribution in [0.2, 0.25) is 0 Å². The number of benzene rings is 4. The summed E-state index contributed by atoms with van der Waals surface area (Å²) < 4.78 is 0. The Kier molecular flexibility index (Phi) is 4.80. The normalized spacial score (nSPS) is 19.8. The molecule has 30 heavy (non-hydrogen) atoms. The Hall–Kier alpha value is -3.45. The van der Waals surface area contributed by atoms with Crippen LogP contribution in [0.15, 0.2) is 96.1 Å². The molecular weight excluding hydrogens is 364 g/mol. The van der Waals surface area contributed by atoms with Crippen LogP contribution < -0.4 is 0 Å².